The maximum atomic E-state index is 6.22. The first kappa shape index (κ1) is 16.3. The Labute approximate surface area is 149 Å². The average Bonchev–Trinajstić information content (AvgIpc) is 2.90. The van der Waals surface area contributed by atoms with Gasteiger partial charge in [0.05, 0.1) is 12.7 Å². The molecule has 0 aliphatic carbocycles. The van der Waals surface area contributed by atoms with Crippen molar-refractivity contribution in [2.24, 2.45) is 5.92 Å². The van der Waals surface area contributed by atoms with Gasteiger partial charge in [0.1, 0.15) is 0 Å². The maximum Gasteiger partial charge on any atom is 0.225 e. The molecule has 5 heteroatoms. The first-order valence-electron chi connectivity index (χ1n) is 9.31. The molecule has 4 rings (SSSR count). The van der Waals surface area contributed by atoms with E-state index in [-0.39, 0.29) is 6.10 Å². The first-order chi connectivity index (χ1) is 12.3. The standard InChI is InChI=1S/C20H26N4O/c1-2-16-12-21-20(22-13-16)24-10-11-25-19-15-23(9-8-17(19)14-24)18-6-4-3-5-7-18/h3-7,12-13,17,19H,2,8-11,14-15H2,1H3/t17-,19-/m0/s1. The average molecular weight is 338 g/mol. The Hall–Kier alpha value is -2.14. The van der Waals surface area contributed by atoms with Crippen LogP contribution in [-0.2, 0) is 11.2 Å². The van der Waals surface area contributed by atoms with Gasteiger partial charge in [-0.05, 0) is 30.5 Å². The highest BCUT2D eigenvalue weighted by Gasteiger charge is 2.34. The Morgan fingerprint density at radius 2 is 1.84 bits per heavy atom. The largest absolute Gasteiger partial charge is 0.374 e. The zero-order valence-electron chi connectivity index (χ0n) is 14.8. The van der Waals surface area contributed by atoms with Crippen LogP contribution in [0, 0.1) is 5.92 Å². The highest BCUT2D eigenvalue weighted by atomic mass is 16.5. The SMILES string of the molecule is CCc1cnc(N2CCO[C@H]3CN(c4ccccc4)CC[C@H]3C2)nc1. The third-order valence-electron chi connectivity index (χ3n) is 5.35. The quantitative estimate of drug-likeness (QED) is 0.861. The van der Waals surface area contributed by atoms with Crippen molar-refractivity contribution in [2.75, 3.05) is 42.6 Å². The van der Waals surface area contributed by atoms with Crippen LogP contribution in [-0.4, -0.2) is 48.9 Å². The molecule has 0 bridgehead atoms. The molecule has 2 fully saturated rings. The minimum absolute atomic E-state index is 0.286. The molecule has 0 amide bonds. The molecule has 2 aliphatic heterocycles. The van der Waals surface area contributed by atoms with E-state index in [0.29, 0.717) is 5.92 Å². The van der Waals surface area contributed by atoms with Gasteiger partial charge in [-0.25, -0.2) is 9.97 Å². The van der Waals surface area contributed by atoms with Gasteiger partial charge in [0.15, 0.2) is 0 Å². The van der Waals surface area contributed by atoms with E-state index in [1.54, 1.807) is 0 Å². The fourth-order valence-electron chi connectivity index (χ4n) is 3.80. The van der Waals surface area contributed by atoms with E-state index in [1.807, 2.05) is 12.4 Å². The highest BCUT2D eigenvalue weighted by Crippen LogP contribution is 2.28. The number of hydrogen-bond acceptors (Lipinski definition) is 5. The van der Waals surface area contributed by atoms with E-state index in [4.69, 9.17) is 4.74 Å². The van der Waals surface area contributed by atoms with Crippen LogP contribution < -0.4 is 9.80 Å². The second-order valence-corrected chi connectivity index (χ2v) is 6.93. The Bertz CT molecular complexity index is 676. The van der Waals surface area contributed by atoms with Gasteiger partial charge in [-0.1, -0.05) is 25.1 Å². The predicted molar refractivity (Wildman–Crippen MR) is 100 cm³/mol. The van der Waals surface area contributed by atoms with Crippen LogP contribution >= 0.6 is 0 Å². The van der Waals surface area contributed by atoms with Gasteiger partial charge in [-0.2, -0.15) is 0 Å². The number of hydrogen-bond donors (Lipinski definition) is 0. The lowest BCUT2D eigenvalue weighted by Crippen LogP contribution is -2.47. The minimum Gasteiger partial charge on any atom is -0.374 e. The van der Waals surface area contributed by atoms with Crippen molar-refractivity contribution in [1.29, 1.82) is 0 Å². The summed E-state index contributed by atoms with van der Waals surface area (Å²) in [5.41, 5.74) is 2.48. The molecular formula is C20H26N4O. The molecule has 0 spiro atoms. The third-order valence-corrected chi connectivity index (χ3v) is 5.35. The first-order valence-corrected chi connectivity index (χ1v) is 9.31. The summed E-state index contributed by atoms with van der Waals surface area (Å²) < 4.78 is 6.22. The van der Waals surface area contributed by atoms with E-state index < -0.39 is 0 Å². The molecule has 25 heavy (non-hydrogen) atoms. The van der Waals surface area contributed by atoms with Gasteiger partial charge in [0.2, 0.25) is 5.95 Å². The number of rotatable bonds is 3. The molecule has 0 N–H and O–H groups in total. The molecule has 3 heterocycles. The summed E-state index contributed by atoms with van der Waals surface area (Å²) in [7, 11) is 0. The van der Waals surface area contributed by atoms with Crippen molar-refractivity contribution in [3.8, 4) is 0 Å². The lowest BCUT2D eigenvalue weighted by molar-refractivity contribution is 0.0253. The van der Waals surface area contributed by atoms with Crippen LogP contribution in [0.2, 0.25) is 0 Å². The molecule has 132 valence electrons. The van der Waals surface area contributed by atoms with Crippen LogP contribution in [0.3, 0.4) is 0 Å². The molecule has 2 atom stereocenters. The summed E-state index contributed by atoms with van der Waals surface area (Å²) in [6.45, 7) is 6.77. The van der Waals surface area contributed by atoms with Gasteiger partial charge >= 0.3 is 0 Å². The Kier molecular flexibility index (Phi) is 4.83. The minimum atomic E-state index is 0.286. The number of benzene rings is 1. The van der Waals surface area contributed by atoms with Crippen LogP contribution in [0.15, 0.2) is 42.7 Å². The van der Waals surface area contributed by atoms with Crippen molar-refractivity contribution < 1.29 is 4.74 Å². The van der Waals surface area contributed by atoms with E-state index in [0.717, 1.165) is 51.6 Å². The summed E-state index contributed by atoms with van der Waals surface area (Å²) in [4.78, 5) is 13.9. The Balaban J connectivity index is 1.44. The summed E-state index contributed by atoms with van der Waals surface area (Å²) in [5, 5.41) is 0. The number of fused-ring (bicyclic) bond motifs is 1. The molecule has 0 saturated carbocycles. The normalized spacial score (nSPS) is 23.9. The summed E-state index contributed by atoms with van der Waals surface area (Å²) in [5.74, 6) is 1.38. The topological polar surface area (TPSA) is 41.5 Å². The highest BCUT2D eigenvalue weighted by molar-refractivity contribution is 5.46. The summed E-state index contributed by atoms with van der Waals surface area (Å²) in [6, 6.07) is 10.7. The Morgan fingerprint density at radius 1 is 1.04 bits per heavy atom. The molecule has 2 saturated heterocycles. The molecular weight excluding hydrogens is 312 g/mol. The number of ether oxygens (including phenoxy) is 1. The molecule has 5 nitrogen and oxygen atoms in total. The smallest absolute Gasteiger partial charge is 0.225 e. The van der Waals surface area contributed by atoms with Crippen LogP contribution in [0.4, 0.5) is 11.6 Å². The molecule has 0 unspecified atom stereocenters. The number of piperidine rings is 1. The zero-order chi connectivity index (χ0) is 17.1. The molecule has 1 aromatic heterocycles. The molecule has 2 aromatic rings. The zero-order valence-corrected chi connectivity index (χ0v) is 14.8. The van der Waals surface area contributed by atoms with E-state index in [9.17, 15) is 0 Å². The van der Waals surface area contributed by atoms with E-state index >= 15 is 0 Å². The van der Waals surface area contributed by atoms with Crippen molar-refractivity contribution >= 4 is 11.6 Å². The van der Waals surface area contributed by atoms with E-state index in [1.165, 1.54) is 11.3 Å². The number of anilines is 2. The van der Waals surface area contributed by atoms with Gasteiger partial charge < -0.3 is 14.5 Å². The van der Waals surface area contributed by atoms with E-state index in [2.05, 4.69) is 57.0 Å². The number of para-hydroxylation sites is 1. The van der Waals surface area contributed by atoms with Gasteiger partial charge in [0, 0.05) is 50.2 Å². The van der Waals surface area contributed by atoms with Gasteiger partial charge in [0.25, 0.3) is 0 Å². The maximum absolute atomic E-state index is 6.22. The van der Waals surface area contributed by atoms with Crippen LogP contribution in [0.25, 0.3) is 0 Å². The van der Waals surface area contributed by atoms with Crippen LogP contribution in [0.1, 0.15) is 18.9 Å². The molecule has 2 aliphatic rings. The molecule has 0 radical (unpaired) electrons. The van der Waals surface area contributed by atoms with Crippen LogP contribution in [0.5, 0.6) is 0 Å². The second kappa shape index (κ2) is 7.40. The predicted octanol–water partition coefficient (Wildman–Crippen LogP) is 2.77. The van der Waals surface area contributed by atoms with Crippen molar-refractivity contribution in [3.63, 3.8) is 0 Å². The number of aryl methyl sites for hydroxylation is 1. The van der Waals surface area contributed by atoms with Gasteiger partial charge in [-0.15, -0.1) is 0 Å². The van der Waals surface area contributed by atoms with Crippen molar-refractivity contribution in [2.45, 2.75) is 25.9 Å². The second-order valence-electron chi connectivity index (χ2n) is 6.93. The third kappa shape index (κ3) is 3.61. The fourth-order valence-corrected chi connectivity index (χ4v) is 3.80. The number of aromatic nitrogens is 2. The Morgan fingerprint density at radius 3 is 2.60 bits per heavy atom. The fraction of sp³-hybridized carbons (Fsp3) is 0.500. The lowest BCUT2D eigenvalue weighted by atomic mass is 9.93. The number of nitrogens with zero attached hydrogens (tertiary/aromatic N) is 4. The monoisotopic (exact) mass is 338 g/mol. The van der Waals surface area contributed by atoms with Crippen molar-refractivity contribution in [3.05, 3.63) is 48.3 Å². The lowest BCUT2D eigenvalue weighted by Gasteiger charge is -2.39. The summed E-state index contributed by atoms with van der Waals surface area (Å²) >= 11 is 0. The van der Waals surface area contributed by atoms with Gasteiger partial charge in [-0.3, -0.25) is 0 Å². The molecule has 1 aromatic carbocycles. The summed E-state index contributed by atoms with van der Waals surface area (Å²) in [6.07, 6.45) is 6.30. The van der Waals surface area contributed by atoms with Crippen molar-refractivity contribution in [1.82, 2.24) is 9.97 Å².